The molecule has 0 unspecified atom stereocenters. The van der Waals surface area contributed by atoms with E-state index in [9.17, 15) is 4.79 Å². The lowest BCUT2D eigenvalue weighted by molar-refractivity contribution is -0.114. The van der Waals surface area contributed by atoms with Crippen molar-refractivity contribution in [1.29, 1.82) is 0 Å². The number of carbonyl (C=O) groups is 1. The molecule has 0 aliphatic heterocycles. The van der Waals surface area contributed by atoms with Crippen LogP contribution in [0.2, 0.25) is 0 Å². The monoisotopic (exact) mass is 486 g/mol. The molecule has 0 radical (unpaired) electrons. The van der Waals surface area contributed by atoms with Crippen LogP contribution in [0.5, 0.6) is 0 Å². The minimum Gasteiger partial charge on any atom is -0.493 e. The van der Waals surface area contributed by atoms with Crippen LogP contribution in [0, 0.1) is 0 Å². The molecule has 4 heteroatoms. The summed E-state index contributed by atoms with van der Waals surface area (Å²) in [6, 6.07) is 8.83. The Labute approximate surface area is 217 Å². The highest BCUT2D eigenvalue weighted by Crippen LogP contribution is 2.41. The molecule has 4 nitrogen and oxygen atoms in total. The van der Waals surface area contributed by atoms with Crippen molar-refractivity contribution in [2.45, 2.75) is 79.1 Å². The lowest BCUT2D eigenvalue weighted by atomic mass is 9.82. The number of allylic oxidation sites excluding steroid dienone is 4. The Morgan fingerprint density at radius 1 is 0.667 bits per heavy atom. The summed E-state index contributed by atoms with van der Waals surface area (Å²) in [5.74, 6) is 1.28. The van der Waals surface area contributed by atoms with Crippen molar-refractivity contribution in [2.75, 3.05) is 18.6 Å². The number of carbonyl (C=O) groups excluding carboxylic acids is 1. The van der Waals surface area contributed by atoms with E-state index in [1.54, 1.807) is 6.08 Å². The Morgan fingerprint density at radius 2 is 1.03 bits per heavy atom. The fraction of sp³-hybridized carbons (Fsp3) is 0.406. The van der Waals surface area contributed by atoms with Crippen LogP contribution in [0.1, 0.15) is 112 Å². The molecule has 0 spiro atoms. The molecule has 36 heavy (non-hydrogen) atoms. The quantitative estimate of drug-likeness (QED) is 0.391. The van der Waals surface area contributed by atoms with Gasteiger partial charge in [0.2, 0.25) is 5.78 Å². The van der Waals surface area contributed by atoms with Gasteiger partial charge in [-0.2, -0.15) is 0 Å². The first-order valence-electron chi connectivity index (χ1n) is 13.0. The van der Waals surface area contributed by atoms with Crippen molar-refractivity contribution in [3.63, 3.8) is 0 Å². The molecule has 0 atom stereocenters. The van der Waals surface area contributed by atoms with Gasteiger partial charge in [0.15, 0.2) is 5.76 Å². The predicted molar refractivity (Wildman–Crippen MR) is 153 cm³/mol. The van der Waals surface area contributed by atoms with E-state index < -0.39 is 0 Å². The van der Waals surface area contributed by atoms with Gasteiger partial charge in [0, 0.05) is 11.4 Å². The van der Waals surface area contributed by atoms with E-state index in [-0.39, 0.29) is 29.5 Å². The number of hydrogen-bond acceptors (Lipinski definition) is 4. The van der Waals surface area contributed by atoms with Crippen molar-refractivity contribution in [1.82, 2.24) is 0 Å². The van der Waals surface area contributed by atoms with Crippen molar-refractivity contribution in [3.8, 4) is 0 Å². The van der Waals surface area contributed by atoms with Gasteiger partial charge in [-0.05, 0) is 105 Å². The normalized spacial score (nSPS) is 13.9. The van der Waals surface area contributed by atoms with E-state index in [1.807, 2.05) is 12.2 Å². The number of anilines is 2. The number of benzene rings is 2. The molecule has 0 bridgehead atoms. The summed E-state index contributed by atoms with van der Waals surface area (Å²) in [6.07, 6.45) is 5.32. The fourth-order valence-electron chi connectivity index (χ4n) is 4.92. The summed E-state index contributed by atoms with van der Waals surface area (Å²) >= 11 is 0. The standard InChI is InChI=1S/C32H42N2O2/c1-17(2)24-12-22(13-25(18(3)4)31(24)33)30(21-10-11-28(35)29(16-21)36-9)23-14-26(19(5)6)32(34)27(15-23)20(7)8/h10-20H,33-34H2,1-9H3. The van der Waals surface area contributed by atoms with E-state index >= 15 is 0 Å². The van der Waals surface area contributed by atoms with E-state index in [4.69, 9.17) is 16.2 Å². The molecule has 0 saturated carbocycles. The van der Waals surface area contributed by atoms with Gasteiger partial charge < -0.3 is 16.2 Å². The summed E-state index contributed by atoms with van der Waals surface area (Å²) in [7, 11) is 1.54. The number of rotatable bonds is 7. The van der Waals surface area contributed by atoms with Crippen LogP contribution in [0.15, 0.2) is 53.8 Å². The van der Waals surface area contributed by atoms with E-state index in [1.165, 1.54) is 7.11 Å². The largest absolute Gasteiger partial charge is 0.493 e. The number of methoxy groups -OCH3 is 1. The van der Waals surface area contributed by atoms with Crippen LogP contribution in [0.4, 0.5) is 11.4 Å². The maximum absolute atomic E-state index is 12.4. The molecular formula is C32H42N2O2. The second-order valence-corrected chi connectivity index (χ2v) is 11.0. The van der Waals surface area contributed by atoms with E-state index in [0.717, 1.165) is 55.9 Å². The maximum Gasteiger partial charge on any atom is 0.220 e. The lowest BCUT2D eigenvalue weighted by Crippen LogP contribution is -2.09. The van der Waals surface area contributed by atoms with E-state index in [2.05, 4.69) is 79.7 Å². The third-order valence-corrected chi connectivity index (χ3v) is 7.01. The molecule has 0 amide bonds. The zero-order valence-electron chi connectivity index (χ0n) is 23.3. The van der Waals surface area contributed by atoms with Gasteiger partial charge in [-0.25, -0.2) is 0 Å². The molecule has 3 rings (SSSR count). The highest BCUT2D eigenvalue weighted by molar-refractivity contribution is 6.06. The summed E-state index contributed by atoms with van der Waals surface area (Å²) < 4.78 is 5.43. The smallest absolute Gasteiger partial charge is 0.220 e. The van der Waals surface area contributed by atoms with Crippen molar-refractivity contribution < 1.29 is 9.53 Å². The minimum atomic E-state index is -0.133. The highest BCUT2D eigenvalue weighted by Gasteiger charge is 2.23. The van der Waals surface area contributed by atoms with Gasteiger partial charge >= 0.3 is 0 Å². The highest BCUT2D eigenvalue weighted by atomic mass is 16.5. The number of hydrogen-bond donors (Lipinski definition) is 2. The first-order chi connectivity index (χ1) is 16.9. The number of nitrogens with two attached hydrogens (primary N) is 2. The van der Waals surface area contributed by atoms with Crippen molar-refractivity contribution in [3.05, 3.63) is 87.2 Å². The minimum absolute atomic E-state index is 0.133. The topological polar surface area (TPSA) is 78.3 Å². The first-order valence-corrected chi connectivity index (χ1v) is 13.0. The van der Waals surface area contributed by atoms with Gasteiger partial charge in [-0.1, -0.05) is 61.5 Å². The molecule has 192 valence electrons. The third kappa shape index (κ3) is 5.28. The average molecular weight is 487 g/mol. The van der Waals surface area contributed by atoms with E-state index in [0.29, 0.717) is 5.76 Å². The van der Waals surface area contributed by atoms with Crippen LogP contribution in [-0.4, -0.2) is 12.9 Å². The molecule has 0 aromatic heterocycles. The van der Waals surface area contributed by atoms with Crippen molar-refractivity contribution >= 4 is 22.7 Å². The third-order valence-electron chi connectivity index (χ3n) is 7.01. The molecule has 2 aromatic rings. The first kappa shape index (κ1) is 27.3. The summed E-state index contributed by atoms with van der Waals surface area (Å²) in [4.78, 5) is 12.4. The van der Waals surface area contributed by atoms with Gasteiger partial charge in [0.1, 0.15) is 0 Å². The molecule has 1 aliphatic carbocycles. The van der Waals surface area contributed by atoms with Crippen LogP contribution in [0.25, 0.3) is 5.57 Å². The second kappa shape index (κ2) is 10.8. The van der Waals surface area contributed by atoms with Crippen LogP contribution in [0.3, 0.4) is 0 Å². The van der Waals surface area contributed by atoms with Crippen LogP contribution < -0.4 is 11.5 Å². The summed E-state index contributed by atoms with van der Waals surface area (Å²) in [6.45, 7) is 17.4. The molecule has 1 aliphatic rings. The van der Waals surface area contributed by atoms with Gasteiger partial charge in [-0.15, -0.1) is 0 Å². The summed E-state index contributed by atoms with van der Waals surface area (Å²) in [5.41, 5.74) is 23.7. The molecule has 0 saturated heterocycles. The van der Waals surface area contributed by atoms with Gasteiger partial charge in [-0.3, -0.25) is 4.79 Å². The average Bonchev–Trinajstić information content (AvgIpc) is 2.80. The Bertz CT molecular complexity index is 1130. The van der Waals surface area contributed by atoms with Gasteiger partial charge in [0.05, 0.1) is 7.11 Å². The maximum atomic E-state index is 12.4. The zero-order chi connectivity index (χ0) is 26.9. The molecule has 2 aromatic carbocycles. The Morgan fingerprint density at radius 3 is 1.33 bits per heavy atom. The van der Waals surface area contributed by atoms with Crippen LogP contribution >= 0.6 is 0 Å². The SMILES string of the molecule is COC1=CC(=C(c2cc(C(C)C)c(N)c(C(C)C)c2)c2cc(C(C)C)c(N)c(C(C)C)c2)C=CC1=O. The number of nitrogen functional groups attached to an aromatic ring is 2. The molecular weight excluding hydrogens is 444 g/mol. The molecule has 4 N–H and O–H groups in total. The molecule has 0 heterocycles. The fourth-order valence-corrected chi connectivity index (χ4v) is 4.92. The number of ether oxygens (including phenoxy) is 1. The Hall–Kier alpha value is -3.27. The molecule has 0 fully saturated rings. The lowest BCUT2D eigenvalue weighted by Gasteiger charge is -2.24. The Balaban J connectivity index is 2.50. The zero-order valence-corrected chi connectivity index (χ0v) is 23.3. The summed E-state index contributed by atoms with van der Waals surface area (Å²) in [5, 5.41) is 0. The Kier molecular flexibility index (Phi) is 8.18. The van der Waals surface area contributed by atoms with Crippen LogP contribution in [-0.2, 0) is 9.53 Å². The predicted octanol–water partition coefficient (Wildman–Crippen LogP) is 7.82. The number of ketones is 1. The van der Waals surface area contributed by atoms with Crippen molar-refractivity contribution in [2.24, 2.45) is 0 Å². The van der Waals surface area contributed by atoms with Gasteiger partial charge in [0.25, 0.3) is 0 Å². The second-order valence-electron chi connectivity index (χ2n) is 11.0.